The van der Waals surface area contributed by atoms with Gasteiger partial charge >= 0.3 is 0 Å². The third kappa shape index (κ3) is 3.60. The molecule has 1 saturated heterocycles. The van der Waals surface area contributed by atoms with Crippen molar-refractivity contribution in [1.29, 1.82) is 0 Å². The van der Waals surface area contributed by atoms with Gasteiger partial charge in [0.2, 0.25) is 0 Å². The average molecular weight is 349 g/mol. The fraction of sp³-hybridized carbons (Fsp3) is 0.526. The van der Waals surface area contributed by atoms with Crippen molar-refractivity contribution in [2.24, 2.45) is 13.0 Å². The second-order valence-corrected chi connectivity index (χ2v) is 6.84. The largest absolute Gasteiger partial charge is 0.373 e. The predicted molar refractivity (Wildman–Crippen MR) is 92.3 cm³/mol. The summed E-state index contributed by atoms with van der Waals surface area (Å²) >= 11 is 0. The zero-order valence-electron chi connectivity index (χ0n) is 15.1. The molecule has 0 aliphatic carbocycles. The Morgan fingerprint density at radius 2 is 2.12 bits per heavy atom. The van der Waals surface area contributed by atoms with E-state index in [1.54, 1.807) is 0 Å². The highest BCUT2D eigenvalue weighted by Crippen LogP contribution is 2.37. The molecule has 2 heterocycles. The van der Waals surface area contributed by atoms with Crippen molar-refractivity contribution < 1.29 is 13.5 Å². The minimum atomic E-state index is -0.555. The average Bonchev–Trinajstić information content (AvgIpc) is 3.09. The molecule has 25 heavy (non-hydrogen) atoms. The van der Waals surface area contributed by atoms with Crippen LogP contribution in [0.4, 0.5) is 8.78 Å². The van der Waals surface area contributed by atoms with Crippen LogP contribution < -0.4 is 5.32 Å². The Morgan fingerprint density at radius 1 is 1.36 bits per heavy atom. The smallest absolute Gasteiger partial charge is 0.130 e. The van der Waals surface area contributed by atoms with Gasteiger partial charge in [-0.25, -0.2) is 8.78 Å². The van der Waals surface area contributed by atoms with Crippen molar-refractivity contribution in [2.75, 3.05) is 13.2 Å². The molecule has 3 rings (SSSR count). The number of halogens is 2. The third-order valence-corrected chi connectivity index (χ3v) is 5.18. The van der Waals surface area contributed by atoms with Crippen molar-refractivity contribution in [1.82, 2.24) is 15.1 Å². The first-order chi connectivity index (χ1) is 11.9. The first kappa shape index (κ1) is 18.0. The van der Waals surface area contributed by atoms with E-state index in [0.29, 0.717) is 24.6 Å². The van der Waals surface area contributed by atoms with Crippen LogP contribution in [-0.2, 0) is 11.8 Å². The summed E-state index contributed by atoms with van der Waals surface area (Å²) in [4.78, 5) is 0. The van der Waals surface area contributed by atoms with E-state index >= 15 is 0 Å². The van der Waals surface area contributed by atoms with Crippen molar-refractivity contribution in [3.63, 3.8) is 0 Å². The summed E-state index contributed by atoms with van der Waals surface area (Å²) in [6.07, 6.45) is 0.954. The fourth-order valence-electron chi connectivity index (χ4n) is 3.65. The molecule has 0 bridgehead atoms. The molecule has 0 spiro atoms. The number of ether oxygens (including phenoxy) is 1. The number of nitrogens with one attached hydrogen (secondary N) is 1. The molecule has 3 atom stereocenters. The quantitative estimate of drug-likeness (QED) is 0.894. The van der Waals surface area contributed by atoms with Crippen LogP contribution in [0.25, 0.3) is 0 Å². The van der Waals surface area contributed by atoms with Crippen LogP contribution in [0.3, 0.4) is 0 Å². The lowest BCUT2D eigenvalue weighted by molar-refractivity contribution is 0.0888. The predicted octanol–water partition coefficient (Wildman–Crippen LogP) is 3.74. The maximum absolute atomic E-state index is 13.9. The molecule has 0 saturated carbocycles. The molecule has 1 aliphatic rings. The molecule has 6 heteroatoms. The summed E-state index contributed by atoms with van der Waals surface area (Å²) in [5, 5.41) is 7.86. The normalized spacial score (nSPS) is 21.7. The number of aromatic nitrogens is 2. The standard InChI is InChI=1S/C19H25F2N3O/c1-11(16-6-5-15(20)9-17(16)21)22-10-14-7-8-25-19(14)18-12(2)23-24(4)13(18)3/h5-6,9,11,14,19,22H,7-8,10H2,1-4H3/t11-,14+,19-/m1/s1. The first-order valence-corrected chi connectivity index (χ1v) is 8.68. The van der Waals surface area contributed by atoms with Gasteiger partial charge in [0, 0.05) is 55.0 Å². The van der Waals surface area contributed by atoms with Gasteiger partial charge in [-0.15, -0.1) is 0 Å². The van der Waals surface area contributed by atoms with Crippen LogP contribution in [0.5, 0.6) is 0 Å². The van der Waals surface area contributed by atoms with Crippen molar-refractivity contribution >= 4 is 0 Å². The highest BCUT2D eigenvalue weighted by atomic mass is 19.1. The van der Waals surface area contributed by atoms with E-state index in [9.17, 15) is 8.78 Å². The number of rotatable bonds is 5. The van der Waals surface area contributed by atoms with Gasteiger partial charge in [-0.05, 0) is 33.3 Å². The van der Waals surface area contributed by atoms with Gasteiger partial charge in [0.1, 0.15) is 11.6 Å². The second-order valence-electron chi connectivity index (χ2n) is 6.84. The van der Waals surface area contributed by atoms with Crippen LogP contribution in [0.1, 0.15) is 48.0 Å². The maximum atomic E-state index is 13.9. The summed E-state index contributed by atoms with van der Waals surface area (Å²) in [5.74, 6) is -0.772. The number of nitrogens with zero attached hydrogens (tertiary/aromatic N) is 2. The Labute approximate surface area is 147 Å². The number of aryl methyl sites for hydroxylation is 2. The second kappa shape index (κ2) is 7.22. The Morgan fingerprint density at radius 3 is 2.76 bits per heavy atom. The molecule has 0 amide bonds. The van der Waals surface area contributed by atoms with Crippen molar-refractivity contribution in [3.8, 4) is 0 Å². The Bertz CT molecular complexity index is 759. The summed E-state index contributed by atoms with van der Waals surface area (Å²) in [7, 11) is 1.94. The molecule has 2 aromatic rings. The minimum absolute atomic E-state index is 0.00599. The van der Waals surface area contributed by atoms with E-state index in [1.807, 2.05) is 25.6 Å². The van der Waals surface area contributed by atoms with Crippen LogP contribution in [0, 0.1) is 31.4 Å². The van der Waals surface area contributed by atoms with E-state index in [4.69, 9.17) is 4.74 Å². The third-order valence-electron chi connectivity index (χ3n) is 5.18. The van der Waals surface area contributed by atoms with E-state index in [0.717, 1.165) is 29.4 Å². The van der Waals surface area contributed by atoms with Crippen LogP contribution in [-0.4, -0.2) is 22.9 Å². The van der Waals surface area contributed by atoms with Gasteiger partial charge in [-0.2, -0.15) is 5.10 Å². The Balaban J connectivity index is 1.69. The molecule has 1 N–H and O–H groups in total. The molecule has 1 aliphatic heterocycles. The molecule has 136 valence electrons. The lowest BCUT2D eigenvalue weighted by atomic mass is 9.93. The summed E-state index contributed by atoms with van der Waals surface area (Å²) < 4.78 is 34.9. The lowest BCUT2D eigenvalue weighted by Crippen LogP contribution is -2.28. The molecular formula is C19H25F2N3O. The van der Waals surface area contributed by atoms with Crippen molar-refractivity contribution in [3.05, 3.63) is 52.3 Å². The topological polar surface area (TPSA) is 39.1 Å². The molecule has 0 unspecified atom stereocenters. The number of hydrogen-bond donors (Lipinski definition) is 1. The van der Waals surface area contributed by atoms with Gasteiger partial charge in [0.05, 0.1) is 11.8 Å². The summed E-state index contributed by atoms with van der Waals surface area (Å²) in [6, 6.07) is 3.52. The summed E-state index contributed by atoms with van der Waals surface area (Å²) in [5.41, 5.74) is 3.75. The zero-order valence-corrected chi connectivity index (χ0v) is 15.1. The molecule has 1 fully saturated rings. The highest BCUT2D eigenvalue weighted by molar-refractivity contribution is 5.28. The SMILES string of the molecule is Cc1nn(C)c(C)c1[C@@H]1OCC[C@H]1CN[C@H](C)c1ccc(F)cc1F. The van der Waals surface area contributed by atoms with Crippen LogP contribution in [0.2, 0.25) is 0 Å². The lowest BCUT2D eigenvalue weighted by Gasteiger charge is -2.22. The van der Waals surface area contributed by atoms with Crippen molar-refractivity contribution in [2.45, 2.75) is 39.3 Å². The summed E-state index contributed by atoms with van der Waals surface area (Å²) in [6.45, 7) is 7.37. The van der Waals surface area contributed by atoms with Gasteiger partial charge in [-0.1, -0.05) is 6.07 Å². The fourth-order valence-corrected chi connectivity index (χ4v) is 3.65. The highest BCUT2D eigenvalue weighted by Gasteiger charge is 2.33. The van der Waals surface area contributed by atoms with Crippen LogP contribution in [0.15, 0.2) is 18.2 Å². The molecule has 4 nitrogen and oxygen atoms in total. The molecule has 0 radical (unpaired) electrons. The van der Waals surface area contributed by atoms with Crippen LogP contribution >= 0.6 is 0 Å². The number of benzene rings is 1. The monoisotopic (exact) mass is 349 g/mol. The van der Waals surface area contributed by atoms with E-state index in [-0.39, 0.29) is 12.1 Å². The Hall–Kier alpha value is -1.79. The maximum Gasteiger partial charge on any atom is 0.130 e. The molecule has 1 aromatic heterocycles. The zero-order chi connectivity index (χ0) is 18.1. The molecule has 1 aromatic carbocycles. The number of hydrogen-bond acceptors (Lipinski definition) is 3. The first-order valence-electron chi connectivity index (χ1n) is 8.68. The molecular weight excluding hydrogens is 324 g/mol. The van der Waals surface area contributed by atoms with E-state index in [1.165, 1.54) is 12.1 Å². The Kier molecular flexibility index (Phi) is 5.20. The van der Waals surface area contributed by atoms with Gasteiger partial charge < -0.3 is 10.1 Å². The minimum Gasteiger partial charge on any atom is -0.373 e. The van der Waals surface area contributed by atoms with Gasteiger partial charge in [0.15, 0.2) is 0 Å². The van der Waals surface area contributed by atoms with Gasteiger partial charge in [0.25, 0.3) is 0 Å². The van der Waals surface area contributed by atoms with Gasteiger partial charge in [-0.3, -0.25) is 4.68 Å². The van der Waals surface area contributed by atoms with E-state index < -0.39 is 11.6 Å². The van der Waals surface area contributed by atoms with E-state index in [2.05, 4.69) is 17.3 Å².